The van der Waals surface area contributed by atoms with E-state index in [2.05, 4.69) is 5.32 Å². The Kier molecular flexibility index (Phi) is 3.92. The lowest BCUT2D eigenvalue weighted by molar-refractivity contribution is -0.153. The molecule has 2 heterocycles. The van der Waals surface area contributed by atoms with Gasteiger partial charge in [0.15, 0.2) is 0 Å². The second-order valence-corrected chi connectivity index (χ2v) is 5.72. The van der Waals surface area contributed by atoms with Crippen molar-refractivity contribution in [2.75, 3.05) is 13.1 Å². The zero-order valence-electron chi connectivity index (χ0n) is 11.9. The molecule has 21 heavy (non-hydrogen) atoms. The Bertz CT molecular complexity index is 558. The number of nitrogens with zero attached hydrogens (tertiary/aromatic N) is 1. The van der Waals surface area contributed by atoms with E-state index >= 15 is 0 Å². The average molecular weight is 288 g/mol. The number of hydrogen-bond acceptors (Lipinski definition) is 3. The second kappa shape index (κ2) is 5.85. The number of carbonyl (C=O) groups is 2. The summed E-state index contributed by atoms with van der Waals surface area (Å²) < 4.78 is 0. The fraction of sp³-hybridized carbons (Fsp3) is 0.500. The van der Waals surface area contributed by atoms with Crippen LogP contribution in [0.25, 0.3) is 0 Å². The topological polar surface area (TPSA) is 69.6 Å². The van der Waals surface area contributed by atoms with E-state index in [0.29, 0.717) is 13.0 Å². The van der Waals surface area contributed by atoms with Gasteiger partial charge in [-0.05, 0) is 36.8 Å². The van der Waals surface area contributed by atoms with Gasteiger partial charge >= 0.3 is 5.97 Å². The van der Waals surface area contributed by atoms with Crippen molar-refractivity contribution in [2.24, 2.45) is 0 Å². The maximum Gasteiger partial charge on any atom is 0.326 e. The quantitative estimate of drug-likeness (QED) is 0.861. The van der Waals surface area contributed by atoms with Crippen molar-refractivity contribution in [1.29, 1.82) is 0 Å². The Morgan fingerprint density at radius 1 is 1.24 bits per heavy atom. The van der Waals surface area contributed by atoms with E-state index in [4.69, 9.17) is 0 Å². The lowest BCUT2D eigenvalue weighted by atomic mass is 9.92. The van der Waals surface area contributed by atoms with Crippen molar-refractivity contribution in [3.05, 3.63) is 35.4 Å². The van der Waals surface area contributed by atoms with Gasteiger partial charge in [-0.15, -0.1) is 0 Å². The van der Waals surface area contributed by atoms with E-state index in [-0.39, 0.29) is 5.91 Å². The van der Waals surface area contributed by atoms with Gasteiger partial charge in [-0.25, -0.2) is 4.79 Å². The number of fused-ring (bicyclic) bond motifs is 1. The van der Waals surface area contributed by atoms with Crippen molar-refractivity contribution in [2.45, 2.75) is 37.8 Å². The third kappa shape index (κ3) is 2.65. The first-order chi connectivity index (χ1) is 10.2. The van der Waals surface area contributed by atoms with E-state index in [1.165, 1.54) is 5.56 Å². The SMILES string of the molecule is O=C(O)[C@H]1CCCCN1C(=O)C1NCCc2ccccc21. The molecule has 5 nitrogen and oxygen atoms in total. The van der Waals surface area contributed by atoms with E-state index in [1.54, 1.807) is 4.90 Å². The lowest BCUT2D eigenvalue weighted by Gasteiger charge is -2.37. The molecule has 0 bridgehead atoms. The Morgan fingerprint density at radius 2 is 2.05 bits per heavy atom. The maximum absolute atomic E-state index is 12.8. The third-order valence-corrected chi connectivity index (χ3v) is 4.43. The van der Waals surface area contributed by atoms with E-state index in [1.807, 2.05) is 24.3 Å². The van der Waals surface area contributed by atoms with E-state index in [0.717, 1.165) is 31.4 Å². The number of nitrogens with one attached hydrogen (secondary N) is 1. The highest BCUT2D eigenvalue weighted by Crippen LogP contribution is 2.27. The molecule has 1 saturated heterocycles. The number of piperidine rings is 1. The lowest BCUT2D eigenvalue weighted by Crippen LogP contribution is -2.52. The molecule has 1 amide bonds. The Morgan fingerprint density at radius 3 is 2.86 bits per heavy atom. The molecule has 1 aromatic rings. The molecule has 1 fully saturated rings. The third-order valence-electron chi connectivity index (χ3n) is 4.43. The number of carboxylic acid groups (broad SMARTS) is 1. The van der Waals surface area contributed by atoms with E-state index in [9.17, 15) is 14.7 Å². The predicted octanol–water partition coefficient (Wildman–Crippen LogP) is 1.34. The zero-order valence-corrected chi connectivity index (χ0v) is 11.9. The number of carboxylic acids is 1. The summed E-state index contributed by atoms with van der Waals surface area (Å²) >= 11 is 0. The van der Waals surface area contributed by atoms with Crippen LogP contribution in [0.15, 0.2) is 24.3 Å². The Labute approximate surface area is 123 Å². The molecule has 0 aromatic heterocycles. The highest BCUT2D eigenvalue weighted by molar-refractivity contribution is 5.88. The van der Waals surface area contributed by atoms with Crippen molar-refractivity contribution in [3.63, 3.8) is 0 Å². The summed E-state index contributed by atoms with van der Waals surface area (Å²) in [6, 6.07) is 6.83. The normalized spacial score (nSPS) is 25.2. The monoisotopic (exact) mass is 288 g/mol. The highest BCUT2D eigenvalue weighted by Gasteiger charge is 2.37. The fourth-order valence-electron chi connectivity index (χ4n) is 3.34. The van der Waals surface area contributed by atoms with E-state index < -0.39 is 18.1 Å². The number of rotatable bonds is 2. The van der Waals surface area contributed by atoms with Crippen molar-refractivity contribution < 1.29 is 14.7 Å². The molecule has 0 saturated carbocycles. The van der Waals surface area contributed by atoms with Gasteiger partial charge < -0.3 is 15.3 Å². The van der Waals surface area contributed by atoms with Crippen LogP contribution in [0.4, 0.5) is 0 Å². The van der Waals surface area contributed by atoms with Crippen molar-refractivity contribution >= 4 is 11.9 Å². The average Bonchev–Trinajstić information content (AvgIpc) is 2.53. The van der Waals surface area contributed by atoms with Crippen LogP contribution in [0.2, 0.25) is 0 Å². The first-order valence-electron chi connectivity index (χ1n) is 7.53. The number of benzene rings is 1. The van der Waals surface area contributed by atoms with Gasteiger partial charge in [-0.2, -0.15) is 0 Å². The van der Waals surface area contributed by atoms with Gasteiger partial charge in [0.2, 0.25) is 5.91 Å². The summed E-state index contributed by atoms with van der Waals surface area (Å²) in [4.78, 5) is 25.8. The Hall–Kier alpha value is -1.88. The van der Waals surface area contributed by atoms with Gasteiger partial charge in [0, 0.05) is 13.1 Å². The van der Waals surface area contributed by atoms with Crippen molar-refractivity contribution in [1.82, 2.24) is 10.2 Å². The van der Waals surface area contributed by atoms with Gasteiger partial charge in [0.25, 0.3) is 0 Å². The summed E-state index contributed by atoms with van der Waals surface area (Å²) in [7, 11) is 0. The van der Waals surface area contributed by atoms with Crippen LogP contribution in [0.3, 0.4) is 0 Å². The highest BCUT2D eigenvalue weighted by atomic mass is 16.4. The van der Waals surface area contributed by atoms with Gasteiger partial charge in [-0.3, -0.25) is 4.79 Å². The molecule has 0 aliphatic carbocycles. The summed E-state index contributed by atoms with van der Waals surface area (Å²) in [5.74, 6) is -0.999. The minimum absolute atomic E-state index is 0.103. The minimum Gasteiger partial charge on any atom is -0.480 e. The fourth-order valence-corrected chi connectivity index (χ4v) is 3.34. The molecule has 2 aliphatic heterocycles. The van der Waals surface area contributed by atoms with Crippen LogP contribution >= 0.6 is 0 Å². The van der Waals surface area contributed by atoms with Crippen LogP contribution in [-0.4, -0.2) is 41.0 Å². The molecule has 5 heteroatoms. The molecule has 2 atom stereocenters. The van der Waals surface area contributed by atoms with Crippen LogP contribution < -0.4 is 5.32 Å². The smallest absolute Gasteiger partial charge is 0.326 e. The molecular weight excluding hydrogens is 268 g/mol. The van der Waals surface area contributed by atoms with Crippen molar-refractivity contribution in [3.8, 4) is 0 Å². The standard InChI is InChI=1S/C16H20N2O3/c19-15(18-10-4-3-7-13(18)16(20)21)14-12-6-2-1-5-11(12)8-9-17-14/h1-2,5-6,13-14,17H,3-4,7-10H2,(H,20,21)/t13-,14?/m1/s1. The van der Waals surface area contributed by atoms with Gasteiger partial charge in [-0.1, -0.05) is 24.3 Å². The molecule has 2 aliphatic rings. The summed E-state index contributed by atoms with van der Waals surface area (Å²) in [6.45, 7) is 1.29. The summed E-state index contributed by atoms with van der Waals surface area (Å²) in [6.07, 6.45) is 3.21. The largest absolute Gasteiger partial charge is 0.480 e. The summed E-state index contributed by atoms with van der Waals surface area (Å²) in [5, 5.41) is 12.6. The zero-order chi connectivity index (χ0) is 14.8. The molecule has 112 valence electrons. The molecule has 2 N–H and O–H groups in total. The number of aliphatic carboxylic acids is 1. The molecule has 0 spiro atoms. The van der Waals surface area contributed by atoms with Crippen LogP contribution in [0.1, 0.15) is 36.4 Å². The first-order valence-corrected chi connectivity index (χ1v) is 7.53. The number of likely N-dealkylation sites (tertiary alicyclic amines) is 1. The van der Waals surface area contributed by atoms with Crippen LogP contribution in [-0.2, 0) is 16.0 Å². The molecule has 3 rings (SSSR count). The van der Waals surface area contributed by atoms with Crippen LogP contribution in [0.5, 0.6) is 0 Å². The first kappa shape index (κ1) is 14.1. The minimum atomic E-state index is -0.896. The van der Waals surface area contributed by atoms with Gasteiger partial charge in [0.05, 0.1) is 0 Å². The number of amides is 1. The maximum atomic E-state index is 12.8. The molecule has 1 unspecified atom stereocenters. The Balaban J connectivity index is 1.86. The van der Waals surface area contributed by atoms with Gasteiger partial charge in [0.1, 0.15) is 12.1 Å². The second-order valence-electron chi connectivity index (χ2n) is 5.72. The molecular formula is C16H20N2O3. The number of hydrogen-bond donors (Lipinski definition) is 2. The number of carbonyl (C=O) groups excluding carboxylic acids is 1. The summed E-state index contributed by atoms with van der Waals surface area (Å²) in [5.41, 5.74) is 2.17. The van der Waals surface area contributed by atoms with Crippen LogP contribution in [0, 0.1) is 0 Å². The molecule has 1 aromatic carbocycles. The predicted molar refractivity (Wildman–Crippen MR) is 77.9 cm³/mol. The molecule has 0 radical (unpaired) electrons.